The van der Waals surface area contributed by atoms with E-state index in [0.29, 0.717) is 34.0 Å². The van der Waals surface area contributed by atoms with E-state index in [1.807, 2.05) is 43.5 Å². The lowest BCUT2D eigenvalue weighted by Gasteiger charge is -2.20. The van der Waals surface area contributed by atoms with Gasteiger partial charge in [-0.1, -0.05) is 12.1 Å². The third-order valence-corrected chi connectivity index (χ3v) is 4.77. The van der Waals surface area contributed by atoms with Gasteiger partial charge >= 0.3 is 6.09 Å². The minimum Gasteiger partial charge on any atom is -0.444 e. The highest BCUT2D eigenvalue weighted by Gasteiger charge is 2.19. The van der Waals surface area contributed by atoms with E-state index in [1.165, 1.54) is 6.92 Å². The lowest BCUT2D eigenvalue weighted by atomic mass is 10.1. The van der Waals surface area contributed by atoms with E-state index in [9.17, 15) is 9.59 Å². The largest absolute Gasteiger partial charge is 0.444 e. The summed E-state index contributed by atoms with van der Waals surface area (Å²) in [6.07, 6.45) is 1.24. The van der Waals surface area contributed by atoms with Crippen LogP contribution in [0.4, 0.5) is 10.5 Å². The van der Waals surface area contributed by atoms with Crippen LogP contribution in [0, 0.1) is 6.92 Å². The zero-order chi connectivity index (χ0) is 23.8. The van der Waals surface area contributed by atoms with Gasteiger partial charge in [0.25, 0.3) is 0 Å². The molecule has 8 heteroatoms. The highest BCUT2D eigenvalue weighted by molar-refractivity contribution is 6.01. The Bertz CT molecular complexity index is 1370. The maximum Gasteiger partial charge on any atom is 0.412 e. The van der Waals surface area contributed by atoms with Crippen molar-refractivity contribution in [2.75, 3.05) is 5.32 Å². The van der Waals surface area contributed by atoms with Crippen molar-refractivity contribution < 1.29 is 14.3 Å². The molecule has 0 fully saturated rings. The van der Waals surface area contributed by atoms with Crippen LogP contribution in [0.3, 0.4) is 0 Å². The third kappa shape index (κ3) is 5.06. The van der Waals surface area contributed by atoms with E-state index >= 15 is 0 Å². The normalized spacial score (nSPS) is 11.4. The number of hydrogen-bond donors (Lipinski definition) is 1. The molecule has 0 bridgehead atoms. The molecule has 0 aliphatic carbocycles. The maximum absolute atomic E-state index is 12.6. The van der Waals surface area contributed by atoms with Gasteiger partial charge in [-0.15, -0.1) is 0 Å². The van der Waals surface area contributed by atoms with E-state index in [-0.39, 0.29) is 5.78 Å². The zero-order valence-corrected chi connectivity index (χ0v) is 19.2. The van der Waals surface area contributed by atoms with Crippen LogP contribution in [0.15, 0.2) is 54.7 Å². The minimum absolute atomic E-state index is 0.125. The molecule has 0 aliphatic rings. The number of rotatable bonds is 4. The van der Waals surface area contributed by atoms with Gasteiger partial charge in [0, 0.05) is 29.8 Å². The minimum atomic E-state index is -0.645. The lowest BCUT2D eigenvalue weighted by Crippen LogP contribution is -2.27. The van der Waals surface area contributed by atoms with Crippen molar-refractivity contribution in [3.63, 3.8) is 0 Å². The van der Waals surface area contributed by atoms with Crippen LogP contribution in [0.2, 0.25) is 0 Å². The summed E-state index contributed by atoms with van der Waals surface area (Å²) in [5.74, 6) is 0.535. The molecular formula is C25H25N5O3. The summed E-state index contributed by atoms with van der Waals surface area (Å²) in [4.78, 5) is 33.4. The van der Waals surface area contributed by atoms with Crippen LogP contribution in [-0.4, -0.2) is 37.2 Å². The number of nitrogens with one attached hydrogen (secondary N) is 1. The van der Waals surface area contributed by atoms with Crippen LogP contribution in [0.5, 0.6) is 0 Å². The smallest absolute Gasteiger partial charge is 0.412 e. The van der Waals surface area contributed by atoms with E-state index in [0.717, 1.165) is 11.1 Å². The summed E-state index contributed by atoms with van der Waals surface area (Å²) in [6, 6.07) is 14.6. The van der Waals surface area contributed by atoms with Gasteiger partial charge in [0.15, 0.2) is 11.6 Å². The summed E-state index contributed by atoms with van der Waals surface area (Å²) in [7, 11) is 0. The van der Waals surface area contributed by atoms with E-state index in [4.69, 9.17) is 4.74 Å². The van der Waals surface area contributed by atoms with Crippen LogP contribution < -0.4 is 5.32 Å². The number of ether oxygens (including phenoxy) is 1. The highest BCUT2D eigenvalue weighted by Crippen LogP contribution is 2.31. The van der Waals surface area contributed by atoms with Gasteiger partial charge in [-0.05, 0) is 64.1 Å². The second-order valence-corrected chi connectivity index (χ2v) is 8.76. The Kier molecular flexibility index (Phi) is 5.68. The Labute approximate surface area is 191 Å². The Morgan fingerprint density at radius 2 is 1.79 bits per heavy atom. The Morgan fingerprint density at radius 3 is 2.48 bits per heavy atom. The third-order valence-electron chi connectivity index (χ3n) is 4.77. The van der Waals surface area contributed by atoms with Crippen molar-refractivity contribution in [3.8, 4) is 17.1 Å². The van der Waals surface area contributed by atoms with Crippen molar-refractivity contribution in [1.29, 1.82) is 0 Å². The fraction of sp³-hybridized carbons (Fsp3) is 0.240. The summed E-state index contributed by atoms with van der Waals surface area (Å²) >= 11 is 0. The summed E-state index contributed by atoms with van der Waals surface area (Å²) < 4.78 is 7.11. The molecule has 0 saturated heterocycles. The van der Waals surface area contributed by atoms with Crippen molar-refractivity contribution in [2.45, 2.75) is 40.2 Å². The molecule has 33 heavy (non-hydrogen) atoms. The molecule has 4 rings (SSSR count). The second-order valence-electron chi connectivity index (χ2n) is 8.76. The molecule has 0 atom stereocenters. The average Bonchev–Trinajstić information content (AvgIpc) is 3.17. The number of anilines is 1. The predicted molar refractivity (Wildman–Crippen MR) is 127 cm³/mol. The van der Waals surface area contributed by atoms with Crippen molar-refractivity contribution in [3.05, 3.63) is 66.1 Å². The topological polar surface area (TPSA) is 99.0 Å². The van der Waals surface area contributed by atoms with Gasteiger partial charge in [-0.3, -0.25) is 10.1 Å². The molecule has 3 aromatic heterocycles. The van der Waals surface area contributed by atoms with Gasteiger partial charge in [0.1, 0.15) is 11.3 Å². The zero-order valence-electron chi connectivity index (χ0n) is 19.2. The van der Waals surface area contributed by atoms with Crippen molar-refractivity contribution >= 4 is 28.5 Å². The molecule has 0 saturated carbocycles. The van der Waals surface area contributed by atoms with E-state index in [1.54, 1.807) is 43.7 Å². The first-order valence-electron chi connectivity index (χ1n) is 10.5. The number of pyridine rings is 2. The predicted octanol–water partition coefficient (Wildman–Crippen LogP) is 5.34. The maximum atomic E-state index is 12.6. The fourth-order valence-corrected chi connectivity index (χ4v) is 3.35. The van der Waals surface area contributed by atoms with Gasteiger partial charge in [-0.2, -0.15) is 5.10 Å². The Balaban J connectivity index is 1.85. The van der Waals surface area contributed by atoms with Crippen LogP contribution in [0.25, 0.3) is 28.0 Å². The van der Waals surface area contributed by atoms with Gasteiger partial charge in [-0.25, -0.2) is 19.4 Å². The van der Waals surface area contributed by atoms with Gasteiger partial charge < -0.3 is 4.74 Å². The van der Waals surface area contributed by atoms with Crippen LogP contribution in [0.1, 0.15) is 43.9 Å². The number of benzene rings is 1. The number of amides is 1. The Hall–Kier alpha value is -4.07. The first kappa shape index (κ1) is 22.1. The number of nitrogens with zero attached hydrogens (tertiary/aromatic N) is 4. The van der Waals surface area contributed by atoms with E-state index < -0.39 is 11.7 Å². The quantitative estimate of drug-likeness (QED) is 0.428. The highest BCUT2D eigenvalue weighted by atomic mass is 16.6. The SMILES string of the molecule is CC(=O)c1cccc(-c2cc(NC(=O)OC(C)(C)C)c3cn(-c4cccc(C)n4)nc3c2)n1. The first-order valence-corrected chi connectivity index (χ1v) is 10.5. The number of hydrogen-bond acceptors (Lipinski definition) is 6. The number of aryl methyl sites for hydroxylation is 1. The molecule has 1 N–H and O–H groups in total. The molecule has 0 spiro atoms. The monoisotopic (exact) mass is 443 g/mol. The molecule has 3 heterocycles. The standard InChI is InChI=1S/C25H25N5O3/c1-15-8-6-11-23(26-15)30-14-18-21(28-24(32)33-25(3,4)5)12-17(13-22(18)29-30)20-10-7-9-19(27-20)16(2)31/h6-14H,1-5H3,(H,28,32). The number of carbonyl (C=O) groups is 2. The van der Waals surface area contributed by atoms with Crippen molar-refractivity contribution in [2.24, 2.45) is 0 Å². The molecule has 1 aromatic carbocycles. The average molecular weight is 444 g/mol. The second kappa shape index (κ2) is 8.46. The molecule has 0 aliphatic heterocycles. The molecule has 0 unspecified atom stereocenters. The van der Waals surface area contributed by atoms with Crippen LogP contribution in [-0.2, 0) is 4.74 Å². The molecule has 168 valence electrons. The summed E-state index contributed by atoms with van der Waals surface area (Å²) in [6.45, 7) is 8.79. The molecule has 4 aromatic rings. The molecule has 1 amide bonds. The number of ketones is 1. The first-order chi connectivity index (χ1) is 15.6. The van der Waals surface area contributed by atoms with Crippen molar-refractivity contribution in [1.82, 2.24) is 19.7 Å². The molecular weight excluding hydrogens is 418 g/mol. The van der Waals surface area contributed by atoms with E-state index in [2.05, 4.69) is 20.4 Å². The van der Waals surface area contributed by atoms with Gasteiger partial charge in [0.05, 0.1) is 16.9 Å². The Morgan fingerprint density at radius 1 is 1.03 bits per heavy atom. The van der Waals surface area contributed by atoms with Gasteiger partial charge in [0.2, 0.25) is 0 Å². The number of carbonyl (C=O) groups excluding carboxylic acids is 2. The lowest BCUT2D eigenvalue weighted by molar-refractivity contribution is 0.0636. The van der Waals surface area contributed by atoms with Crippen LogP contribution >= 0.6 is 0 Å². The summed E-state index contributed by atoms with van der Waals surface area (Å²) in [5.41, 5.74) is 3.05. The molecule has 0 radical (unpaired) electrons. The number of Topliss-reactive ketones (excluding diaryl/α,β-unsaturated/α-hetero) is 1. The summed E-state index contributed by atoms with van der Waals surface area (Å²) in [5, 5.41) is 8.23. The number of fused-ring (bicyclic) bond motifs is 1. The number of aromatic nitrogens is 4. The fourth-order valence-electron chi connectivity index (χ4n) is 3.35. The molecule has 8 nitrogen and oxygen atoms in total.